The van der Waals surface area contributed by atoms with Gasteiger partial charge in [-0.2, -0.15) is 0 Å². The fourth-order valence-corrected chi connectivity index (χ4v) is 3.25. The van der Waals surface area contributed by atoms with Crippen LogP contribution in [0.1, 0.15) is 15.8 Å². The molecule has 0 N–H and O–H groups in total. The van der Waals surface area contributed by atoms with Crippen molar-refractivity contribution >= 4 is 35.1 Å². The molecule has 1 unspecified atom stereocenters. The van der Waals surface area contributed by atoms with Gasteiger partial charge in [0.15, 0.2) is 0 Å². The highest BCUT2D eigenvalue weighted by molar-refractivity contribution is 8.00. The molecule has 0 saturated carbocycles. The van der Waals surface area contributed by atoms with Crippen molar-refractivity contribution in [1.82, 2.24) is 0 Å². The van der Waals surface area contributed by atoms with Crippen LogP contribution >= 0.6 is 35.1 Å². The van der Waals surface area contributed by atoms with E-state index in [0.29, 0.717) is 0 Å². The van der Waals surface area contributed by atoms with Gasteiger partial charge in [-0.15, -0.1) is 35.1 Å². The molecule has 0 aliphatic rings. The molecule has 2 aromatic carbocycles. The maximum atomic E-state index is 6.42. The molecule has 0 aliphatic carbocycles. The topological polar surface area (TPSA) is 0 Å². The highest BCUT2D eigenvalue weighted by atomic mass is 35.5. The van der Waals surface area contributed by atoms with Crippen LogP contribution in [0.5, 0.6) is 0 Å². The van der Waals surface area contributed by atoms with Crippen molar-refractivity contribution in [3.8, 4) is 0 Å². The molecule has 0 bridgehead atoms. The lowest BCUT2D eigenvalue weighted by atomic mass is 10.2. The Bertz CT molecular complexity index is 491. The molecule has 18 heavy (non-hydrogen) atoms. The second-order valence-corrected chi connectivity index (χ2v) is 6.77. The summed E-state index contributed by atoms with van der Waals surface area (Å²) in [5.41, 5.74) is 2.41. The van der Waals surface area contributed by atoms with Gasteiger partial charge in [0.1, 0.15) is 4.71 Å². The van der Waals surface area contributed by atoms with Crippen LogP contribution in [0.4, 0.5) is 0 Å². The van der Waals surface area contributed by atoms with Gasteiger partial charge in [-0.05, 0) is 43.0 Å². The highest BCUT2D eigenvalue weighted by Gasteiger charge is 2.09. The number of hydrogen-bond acceptors (Lipinski definition) is 2. The Balaban J connectivity index is 2.05. The summed E-state index contributed by atoms with van der Waals surface area (Å²) >= 11 is 9.85. The van der Waals surface area contributed by atoms with Gasteiger partial charge in [-0.25, -0.2) is 0 Å². The average molecular weight is 295 g/mol. The van der Waals surface area contributed by atoms with E-state index in [2.05, 4.69) is 61.7 Å². The predicted octanol–water partition coefficient (Wildman–Crippen LogP) is 5.75. The molecule has 0 fully saturated rings. The molecule has 2 aromatic rings. The summed E-state index contributed by atoms with van der Waals surface area (Å²) < 4.78 is -0.0364. The number of aryl methyl sites for hydroxylation is 1. The van der Waals surface area contributed by atoms with Gasteiger partial charge in [0.25, 0.3) is 0 Å². The molecule has 0 radical (unpaired) electrons. The second-order valence-electron chi connectivity index (χ2n) is 4.02. The number of halogens is 1. The minimum Gasteiger partial charge on any atom is -0.130 e. The maximum Gasteiger partial charge on any atom is 0.108 e. The Morgan fingerprint density at radius 3 is 2.00 bits per heavy atom. The van der Waals surface area contributed by atoms with Crippen LogP contribution in [-0.2, 0) is 0 Å². The standard InChI is InChI=1S/C15H15ClS2/c1-11-3-5-12(6-4-11)15(16)18-14-9-7-13(17-2)8-10-14/h3-10,15H,1-2H3. The van der Waals surface area contributed by atoms with Crippen molar-refractivity contribution < 1.29 is 0 Å². The van der Waals surface area contributed by atoms with E-state index in [1.165, 1.54) is 15.4 Å². The number of benzene rings is 2. The molecule has 0 spiro atoms. The normalized spacial score (nSPS) is 12.4. The van der Waals surface area contributed by atoms with Crippen molar-refractivity contribution in [2.24, 2.45) is 0 Å². The molecule has 0 aromatic heterocycles. The highest BCUT2D eigenvalue weighted by Crippen LogP contribution is 2.38. The van der Waals surface area contributed by atoms with Crippen LogP contribution in [0.25, 0.3) is 0 Å². The average Bonchev–Trinajstić information content (AvgIpc) is 2.40. The molecule has 0 aliphatic heterocycles. The third-order valence-electron chi connectivity index (χ3n) is 2.64. The zero-order chi connectivity index (χ0) is 13.0. The summed E-state index contributed by atoms with van der Waals surface area (Å²) in [6.45, 7) is 2.08. The van der Waals surface area contributed by atoms with E-state index in [9.17, 15) is 0 Å². The first-order chi connectivity index (χ1) is 8.69. The molecule has 3 heteroatoms. The SMILES string of the molecule is CSc1ccc(SC(Cl)c2ccc(C)cc2)cc1. The lowest BCUT2D eigenvalue weighted by molar-refractivity contribution is 1.30. The molecule has 94 valence electrons. The van der Waals surface area contributed by atoms with Crippen LogP contribution in [0.15, 0.2) is 58.3 Å². The minimum atomic E-state index is -0.0364. The predicted molar refractivity (Wildman–Crippen MR) is 83.9 cm³/mol. The molecular weight excluding hydrogens is 280 g/mol. The van der Waals surface area contributed by atoms with Gasteiger partial charge < -0.3 is 0 Å². The molecule has 0 saturated heterocycles. The van der Waals surface area contributed by atoms with E-state index >= 15 is 0 Å². The van der Waals surface area contributed by atoms with Crippen molar-refractivity contribution in [2.75, 3.05) is 6.26 Å². The summed E-state index contributed by atoms with van der Waals surface area (Å²) in [7, 11) is 0. The van der Waals surface area contributed by atoms with Crippen molar-refractivity contribution in [1.29, 1.82) is 0 Å². The summed E-state index contributed by atoms with van der Waals surface area (Å²) in [6, 6.07) is 16.9. The molecule has 0 amide bonds. The van der Waals surface area contributed by atoms with E-state index in [1.54, 1.807) is 23.5 Å². The molecule has 0 heterocycles. The Hall–Kier alpha value is -0.570. The van der Waals surface area contributed by atoms with Crippen LogP contribution < -0.4 is 0 Å². The van der Waals surface area contributed by atoms with Crippen molar-refractivity contribution in [2.45, 2.75) is 21.4 Å². The van der Waals surface area contributed by atoms with Gasteiger partial charge in [0.05, 0.1) is 0 Å². The van der Waals surface area contributed by atoms with E-state index in [1.807, 2.05) is 0 Å². The summed E-state index contributed by atoms with van der Waals surface area (Å²) in [5, 5.41) is 0. The van der Waals surface area contributed by atoms with E-state index in [4.69, 9.17) is 11.6 Å². The van der Waals surface area contributed by atoms with Crippen LogP contribution in [-0.4, -0.2) is 6.26 Å². The monoisotopic (exact) mass is 294 g/mol. The van der Waals surface area contributed by atoms with Crippen LogP contribution in [0.3, 0.4) is 0 Å². The van der Waals surface area contributed by atoms with Crippen molar-refractivity contribution in [3.05, 3.63) is 59.7 Å². The number of alkyl halides is 1. The first kappa shape index (κ1) is 13.9. The van der Waals surface area contributed by atoms with Crippen molar-refractivity contribution in [3.63, 3.8) is 0 Å². The zero-order valence-corrected chi connectivity index (χ0v) is 12.8. The first-order valence-electron chi connectivity index (χ1n) is 5.70. The van der Waals surface area contributed by atoms with Gasteiger partial charge in [-0.3, -0.25) is 0 Å². The van der Waals surface area contributed by atoms with Crippen LogP contribution in [0.2, 0.25) is 0 Å². The maximum absolute atomic E-state index is 6.42. The Labute approximate surface area is 122 Å². The Morgan fingerprint density at radius 2 is 1.44 bits per heavy atom. The summed E-state index contributed by atoms with van der Waals surface area (Å²) in [6.07, 6.45) is 2.08. The fraction of sp³-hybridized carbons (Fsp3) is 0.200. The van der Waals surface area contributed by atoms with Gasteiger partial charge in [0, 0.05) is 9.79 Å². The second kappa shape index (κ2) is 6.55. The van der Waals surface area contributed by atoms with E-state index < -0.39 is 0 Å². The largest absolute Gasteiger partial charge is 0.130 e. The van der Waals surface area contributed by atoms with E-state index in [0.717, 1.165) is 5.56 Å². The Kier molecular flexibility index (Phi) is 5.04. The third-order valence-corrected chi connectivity index (χ3v) is 4.92. The number of hydrogen-bond donors (Lipinski definition) is 0. The molecule has 1 atom stereocenters. The molecular formula is C15H15ClS2. The van der Waals surface area contributed by atoms with Crippen LogP contribution in [0, 0.1) is 6.92 Å². The summed E-state index contributed by atoms with van der Waals surface area (Å²) in [4.78, 5) is 2.48. The lowest BCUT2D eigenvalue weighted by Crippen LogP contribution is -1.85. The zero-order valence-electron chi connectivity index (χ0n) is 10.4. The van der Waals surface area contributed by atoms with Gasteiger partial charge in [-0.1, -0.05) is 29.8 Å². The Morgan fingerprint density at radius 1 is 0.889 bits per heavy atom. The minimum absolute atomic E-state index is 0.0364. The van der Waals surface area contributed by atoms with Gasteiger partial charge >= 0.3 is 0 Å². The lowest BCUT2D eigenvalue weighted by Gasteiger charge is -2.10. The first-order valence-corrected chi connectivity index (χ1v) is 8.24. The van der Waals surface area contributed by atoms with E-state index in [-0.39, 0.29) is 4.71 Å². The number of thioether (sulfide) groups is 2. The van der Waals surface area contributed by atoms with Gasteiger partial charge in [0.2, 0.25) is 0 Å². The third kappa shape index (κ3) is 3.71. The summed E-state index contributed by atoms with van der Waals surface area (Å²) in [5.74, 6) is 0. The number of rotatable bonds is 4. The molecule has 2 rings (SSSR count). The smallest absolute Gasteiger partial charge is 0.108 e. The fourth-order valence-electron chi connectivity index (χ4n) is 1.56. The quantitative estimate of drug-likeness (QED) is 0.520. The molecule has 0 nitrogen and oxygen atoms in total.